The van der Waals surface area contributed by atoms with Crippen LogP contribution in [-0.4, -0.2) is 18.9 Å². The Balaban J connectivity index is 3.36. The number of rotatable bonds is 2. The molecule has 0 aromatic rings. The van der Waals surface area contributed by atoms with E-state index in [9.17, 15) is 0 Å². The molecule has 2 nitrogen and oxygen atoms in total. The van der Waals surface area contributed by atoms with Gasteiger partial charge >= 0.3 is 49.6 Å². The number of hydrogen-bond donors (Lipinski definition) is 2. The Morgan fingerprint density at radius 3 is 1.43 bits per heavy atom. The molecule has 0 bridgehead atoms. The van der Waals surface area contributed by atoms with Crippen molar-refractivity contribution in [3.05, 3.63) is 0 Å². The predicted molar refractivity (Wildman–Crippen MR) is 35.1 cm³/mol. The third kappa shape index (κ3) is 3.31. The van der Waals surface area contributed by atoms with E-state index in [0.29, 0.717) is 0 Å². The molecular formula is C4H14N2Sn. The van der Waals surface area contributed by atoms with Gasteiger partial charge in [0.1, 0.15) is 0 Å². The Hall–Kier alpha value is 0.719. The van der Waals surface area contributed by atoms with Crippen LogP contribution in [-0.2, 0) is 0 Å². The van der Waals surface area contributed by atoms with Crippen molar-refractivity contribution in [1.82, 2.24) is 0 Å². The fourth-order valence-electron chi connectivity index (χ4n) is 0.250. The molecule has 0 unspecified atom stereocenters. The van der Waals surface area contributed by atoms with E-state index in [-0.39, 0.29) is 0 Å². The summed E-state index contributed by atoms with van der Waals surface area (Å²) in [7, 11) is 0. The van der Waals surface area contributed by atoms with Gasteiger partial charge in [0.05, 0.1) is 0 Å². The fourth-order valence-corrected chi connectivity index (χ4v) is 1.68. The maximum atomic E-state index is 5.70. The second kappa shape index (κ2) is 2.89. The van der Waals surface area contributed by atoms with Crippen LogP contribution >= 0.6 is 0 Å². The minimum atomic E-state index is -2.28. The summed E-state index contributed by atoms with van der Waals surface area (Å²) in [5.41, 5.74) is 0. The van der Waals surface area contributed by atoms with E-state index < -0.39 is 18.9 Å². The molecule has 0 amide bonds. The van der Waals surface area contributed by atoms with Crippen LogP contribution in [0.25, 0.3) is 0 Å². The summed E-state index contributed by atoms with van der Waals surface area (Å²) in [6.45, 7) is 4.17. The second-order valence-electron chi connectivity index (χ2n) is 1.94. The molecule has 0 spiro atoms. The van der Waals surface area contributed by atoms with Crippen LogP contribution in [0.1, 0.15) is 13.8 Å². The van der Waals surface area contributed by atoms with Gasteiger partial charge in [0.15, 0.2) is 0 Å². The summed E-state index contributed by atoms with van der Waals surface area (Å²) in [5, 5.41) is 0. The topological polar surface area (TPSA) is 52.0 Å². The summed E-state index contributed by atoms with van der Waals surface area (Å²) in [4.78, 5) is 0. The van der Waals surface area contributed by atoms with Crippen LogP contribution in [0, 0.1) is 0 Å². The van der Waals surface area contributed by atoms with Crippen LogP contribution in [0.15, 0.2) is 0 Å². The molecular weight excluding hydrogens is 195 g/mol. The second-order valence-corrected chi connectivity index (χ2v) is 13.0. The normalized spacial score (nSPS) is 12.0. The molecule has 0 aliphatic carbocycles. The van der Waals surface area contributed by atoms with Gasteiger partial charge in [-0.2, -0.15) is 0 Å². The summed E-state index contributed by atoms with van der Waals surface area (Å²) in [6, 6.07) is 0. The number of hydrogen-bond acceptors (Lipinski definition) is 2. The zero-order valence-electron chi connectivity index (χ0n) is 5.07. The van der Waals surface area contributed by atoms with Crippen LogP contribution in [0.3, 0.4) is 0 Å². The van der Waals surface area contributed by atoms with Gasteiger partial charge in [-0.05, 0) is 0 Å². The van der Waals surface area contributed by atoms with Crippen molar-refractivity contribution < 1.29 is 0 Å². The van der Waals surface area contributed by atoms with Crippen molar-refractivity contribution in [2.24, 2.45) is 7.91 Å². The Labute approximate surface area is 49.8 Å². The SMILES string of the molecule is C[CH2][Sn]([NH2])([NH2])[CH2]C. The quantitative estimate of drug-likeness (QED) is 0.646. The molecule has 4 N–H and O–H groups in total. The number of nitrogens with two attached hydrogens (primary N) is 2. The molecule has 0 fully saturated rings. The first kappa shape index (κ1) is 7.72. The Morgan fingerprint density at radius 1 is 1.14 bits per heavy atom. The zero-order valence-corrected chi connectivity index (χ0v) is 7.92. The molecule has 0 saturated heterocycles. The van der Waals surface area contributed by atoms with E-state index >= 15 is 0 Å². The molecule has 0 saturated carbocycles. The van der Waals surface area contributed by atoms with Crippen LogP contribution in [0.2, 0.25) is 8.87 Å². The zero-order chi connectivity index (χ0) is 5.91. The molecule has 7 heavy (non-hydrogen) atoms. The van der Waals surface area contributed by atoms with Gasteiger partial charge in [-0.15, -0.1) is 0 Å². The minimum absolute atomic E-state index is 1.06. The van der Waals surface area contributed by atoms with Gasteiger partial charge in [-0.25, -0.2) is 0 Å². The molecule has 0 rings (SSSR count). The predicted octanol–water partition coefficient (Wildman–Crippen LogP) is 0.386. The molecule has 0 aliphatic heterocycles. The van der Waals surface area contributed by atoms with Crippen molar-refractivity contribution in [2.75, 3.05) is 0 Å². The average molecular weight is 209 g/mol. The molecule has 0 atom stereocenters. The molecule has 44 valence electrons. The summed E-state index contributed by atoms with van der Waals surface area (Å²) < 4.78 is 13.5. The van der Waals surface area contributed by atoms with Gasteiger partial charge < -0.3 is 0 Å². The Bertz CT molecular complexity index is 47.7. The molecule has 0 radical (unpaired) electrons. The van der Waals surface area contributed by atoms with Crippen LogP contribution in [0.4, 0.5) is 0 Å². The van der Waals surface area contributed by atoms with E-state index in [1.165, 1.54) is 0 Å². The van der Waals surface area contributed by atoms with Crippen molar-refractivity contribution in [3.8, 4) is 0 Å². The summed E-state index contributed by atoms with van der Waals surface area (Å²) >= 11 is -2.28. The van der Waals surface area contributed by atoms with E-state index in [2.05, 4.69) is 13.8 Å². The third-order valence-electron chi connectivity index (χ3n) is 1.32. The van der Waals surface area contributed by atoms with E-state index in [4.69, 9.17) is 7.91 Å². The average Bonchev–Trinajstić information content (AvgIpc) is 1.68. The molecule has 3 heteroatoms. The van der Waals surface area contributed by atoms with Crippen molar-refractivity contribution in [3.63, 3.8) is 0 Å². The van der Waals surface area contributed by atoms with Crippen LogP contribution in [0.5, 0.6) is 0 Å². The Morgan fingerprint density at radius 2 is 1.43 bits per heavy atom. The summed E-state index contributed by atoms with van der Waals surface area (Å²) in [6.07, 6.45) is 0. The van der Waals surface area contributed by atoms with Gasteiger partial charge in [0, 0.05) is 0 Å². The maximum absolute atomic E-state index is 5.70. The molecule has 0 aromatic heterocycles. The van der Waals surface area contributed by atoms with E-state index in [1.54, 1.807) is 0 Å². The van der Waals surface area contributed by atoms with E-state index in [0.717, 1.165) is 8.87 Å². The summed E-state index contributed by atoms with van der Waals surface area (Å²) in [5.74, 6) is 0. The van der Waals surface area contributed by atoms with Crippen molar-refractivity contribution >= 4 is 18.9 Å². The van der Waals surface area contributed by atoms with Gasteiger partial charge in [0.2, 0.25) is 0 Å². The van der Waals surface area contributed by atoms with E-state index in [1.807, 2.05) is 0 Å². The first-order valence-corrected chi connectivity index (χ1v) is 10.0. The monoisotopic (exact) mass is 210 g/mol. The first-order chi connectivity index (χ1) is 3.12. The molecule has 0 aliphatic rings. The van der Waals surface area contributed by atoms with Gasteiger partial charge in [0.25, 0.3) is 0 Å². The molecule has 0 heterocycles. The van der Waals surface area contributed by atoms with Gasteiger partial charge in [-0.3, -0.25) is 0 Å². The van der Waals surface area contributed by atoms with Crippen molar-refractivity contribution in [2.45, 2.75) is 22.7 Å². The fraction of sp³-hybridized carbons (Fsp3) is 1.00. The van der Waals surface area contributed by atoms with Crippen LogP contribution < -0.4 is 7.91 Å². The third-order valence-corrected chi connectivity index (χ3v) is 8.83. The standard InChI is InChI=1S/2C2H5.2H2N.Sn/c2*1-2;;;/h2*1H2,2H3;2*1H2;/q;;2*-1;+2. The first-order valence-electron chi connectivity index (χ1n) is 2.70. The Kier molecular flexibility index (Phi) is 3.19. The molecule has 0 aromatic carbocycles. The van der Waals surface area contributed by atoms with Crippen molar-refractivity contribution in [1.29, 1.82) is 0 Å². The van der Waals surface area contributed by atoms with Gasteiger partial charge in [-0.1, -0.05) is 0 Å².